The molecule has 6 heteroatoms. The molecule has 2 amide bonds. The molecule has 142 valence electrons. The average molecular weight is 370 g/mol. The van der Waals surface area contributed by atoms with Crippen molar-refractivity contribution in [3.63, 3.8) is 0 Å². The van der Waals surface area contributed by atoms with Crippen LogP contribution in [0.15, 0.2) is 42.5 Å². The zero-order chi connectivity index (χ0) is 19.6. The maximum absolute atomic E-state index is 13.0. The van der Waals surface area contributed by atoms with Crippen LogP contribution in [-0.2, 0) is 16.0 Å². The summed E-state index contributed by atoms with van der Waals surface area (Å²) in [6.45, 7) is 6.42. The van der Waals surface area contributed by atoms with Gasteiger partial charge < -0.3 is 15.0 Å². The predicted molar refractivity (Wildman–Crippen MR) is 102 cm³/mol. The lowest BCUT2D eigenvalue weighted by atomic mass is 9.93. The van der Waals surface area contributed by atoms with Gasteiger partial charge in [-0.3, -0.25) is 9.59 Å². The summed E-state index contributed by atoms with van der Waals surface area (Å²) in [4.78, 5) is 26.8. The van der Waals surface area contributed by atoms with Crippen LogP contribution < -0.4 is 15.0 Å². The third-order valence-corrected chi connectivity index (χ3v) is 4.54. The zero-order valence-electron chi connectivity index (χ0n) is 15.7. The van der Waals surface area contributed by atoms with E-state index < -0.39 is 5.41 Å². The number of nitrogens with one attached hydrogen (secondary N) is 1. The third-order valence-electron chi connectivity index (χ3n) is 4.54. The van der Waals surface area contributed by atoms with Crippen LogP contribution in [0.2, 0.25) is 0 Å². The molecule has 0 atom stereocenters. The van der Waals surface area contributed by atoms with E-state index in [1.807, 2.05) is 20.8 Å². The van der Waals surface area contributed by atoms with Gasteiger partial charge in [0.15, 0.2) is 0 Å². The molecule has 2 aromatic rings. The predicted octanol–water partition coefficient (Wildman–Crippen LogP) is 3.78. The third kappa shape index (κ3) is 4.10. The number of halogens is 1. The SMILES string of the molecule is CCN1C(=O)C(C)(C)COc2ccc(NC(=O)Cc3ccc(F)cc3)cc21. The molecule has 1 aliphatic heterocycles. The van der Waals surface area contributed by atoms with E-state index in [0.717, 1.165) is 5.56 Å². The van der Waals surface area contributed by atoms with Crippen molar-refractivity contribution in [2.24, 2.45) is 5.41 Å². The Balaban J connectivity index is 1.80. The highest BCUT2D eigenvalue weighted by atomic mass is 19.1. The minimum atomic E-state index is -0.624. The number of anilines is 2. The average Bonchev–Trinajstić information content (AvgIpc) is 2.72. The molecule has 0 unspecified atom stereocenters. The minimum Gasteiger partial charge on any atom is -0.490 e. The zero-order valence-corrected chi connectivity index (χ0v) is 15.7. The van der Waals surface area contributed by atoms with Crippen LogP contribution >= 0.6 is 0 Å². The monoisotopic (exact) mass is 370 g/mol. The van der Waals surface area contributed by atoms with Crippen molar-refractivity contribution in [3.05, 3.63) is 53.8 Å². The number of fused-ring (bicyclic) bond motifs is 1. The highest BCUT2D eigenvalue weighted by molar-refractivity contribution is 6.00. The first-order valence-electron chi connectivity index (χ1n) is 8.93. The lowest BCUT2D eigenvalue weighted by molar-refractivity contribution is -0.127. The maximum atomic E-state index is 13.0. The van der Waals surface area contributed by atoms with E-state index >= 15 is 0 Å². The van der Waals surface area contributed by atoms with Gasteiger partial charge in [0.25, 0.3) is 0 Å². The molecule has 0 aromatic heterocycles. The molecular formula is C21H23FN2O3. The molecule has 1 N–H and O–H groups in total. The number of benzene rings is 2. The molecule has 0 radical (unpaired) electrons. The van der Waals surface area contributed by atoms with Crippen molar-refractivity contribution < 1.29 is 18.7 Å². The second-order valence-electron chi connectivity index (χ2n) is 7.26. The van der Waals surface area contributed by atoms with Crippen LogP contribution in [0.3, 0.4) is 0 Å². The summed E-state index contributed by atoms with van der Waals surface area (Å²) in [6.07, 6.45) is 0.136. The van der Waals surface area contributed by atoms with Crippen molar-refractivity contribution in [3.8, 4) is 5.75 Å². The second kappa shape index (κ2) is 7.39. The first kappa shape index (κ1) is 18.9. The molecule has 0 aliphatic carbocycles. The number of hydrogen-bond acceptors (Lipinski definition) is 3. The van der Waals surface area contributed by atoms with Gasteiger partial charge in [0, 0.05) is 12.2 Å². The first-order valence-corrected chi connectivity index (χ1v) is 8.93. The Morgan fingerprint density at radius 3 is 2.59 bits per heavy atom. The molecule has 1 aliphatic rings. The highest BCUT2D eigenvalue weighted by Crippen LogP contribution is 2.38. The van der Waals surface area contributed by atoms with Crippen LogP contribution in [0.5, 0.6) is 5.75 Å². The summed E-state index contributed by atoms with van der Waals surface area (Å²) in [6, 6.07) is 11.1. The lowest BCUT2D eigenvalue weighted by Crippen LogP contribution is -2.42. The summed E-state index contributed by atoms with van der Waals surface area (Å²) in [7, 11) is 0. The molecule has 2 aromatic carbocycles. The summed E-state index contributed by atoms with van der Waals surface area (Å²) >= 11 is 0. The Morgan fingerprint density at radius 1 is 1.22 bits per heavy atom. The van der Waals surface area contributed by atoms with Crippen molar-refractivity contribution in [2.75, 3.05) is 23.4 Å². The summed E-state index contributed by atoms with van der Waals surface area (Å²) in [5.41, 5.74) is 1.32. The number of carbonyl (C=O) groups excluding carboxylic acids is 2. The van der Waals surface area contributed by atoms with Crippen LogP contribution in [-0.4, -0.2) is 25.0 Å². The highest BCUT2D eigenvalue weighted by Gasteiger charge is 2.37. The lowest BCUT2D eigenvalue weighted by Gasteiger charge is -2.27. The Labute approximate surface area is 158 Å². The van der Waals surface area contributed by atoms with E-state index in [2.05, 4.69) is 5.32 Å². The van der Waals surface area contributed by atoms with E-state index in [9.17, 15) is 14.0 Å². The molecule has 0 spiro atoms. The topological polar surface area (TPSA) is 58.6 Å². The first-order chi connectivity index (χ1) is 12.8. The van der Waals surface area contributed by atoms with Crippen molar-refractivity contribution in [1.82, 2.24) is 0 Å². The number of hydrogen-bond donors (Lipinski definition) is 1. The quantitative estimate of drug-likeness (QED) is 0.891. The van der Waals surface area contributed by atoms with Gasteiger partial charge in [-0.1, -0.05) is 12.1 Å². The molecule has 0 bridgehead atoms. The molecule has 0 saturated carbocycles. The molecular weight excluding hydrogens is 347 g/mol. The summed E-state index contributed by atoms with van der Waals surface area (Å²) in [5, 5.41) is 2.83. The van der Waals surface area contributed by atoms with Gasteiger partial charge in [-0.05, 0) is 56.7 Å². The Hall–Kier alpha value is -2.89. The van der Waals surface area contributed by atoms with Gasteiger partial charge >= 0.3 is 0 Å². The van der Waals surface area contributed by atoms with E-state index in [0.29, 0.717) is 30.3 Å². The van der Waals surface area contributed by atoms with Gasteiger partial charge in [-0.25, -0.2) is 4.39 Å². The van der Waals surface area contributed by atoms with E-state index in [1.54, 1.807) is 35.2 Å². The summed E-state index contributed by atoms with van der Waals surface area (Å²) < 4.78 is 18.8. The van der Waals surface area contributed by atoms with Crippen molar-refractivity contribution in [1.29, 1.82) is 0 Å². The molecule has 3 rings (SSSR count). The number of amides is 2. The number of rotatable bonds is 4. The van der Waals surface area contributed by atoms with E-state index in [-0.39, 0.29) is 24.1 Å². The van der Waals surface area contributed by atoms with Gasteiger partial charge in [0.05, 0.1) is 17.5 Å². The number of nitrogens with zero attached hydrogens (tertiary/aromatic N) is 1. The van der Waals surface area contributed by atoms with Crippen molar-refractivity contribution >= 4 is 23.2 Å². The Kier molecular flexibility index (Phi) is 5.17. The molecule has 1 heterocycles. The number of carbonyl (C=O) groups is 2. The fourth-order valence-corrected chi connectivity index (χ4v) is 3.03. The largest absolute Gasteiger partial charge is 0.490 e. The van der Waals surface area contributed by atoms with Gasteiger partial charge in [-0.15, -0.1) is 0 Å². The van der Waals surface area contributed by atoms with Crippen molar-refractivity contribution in [2.45, 2.75) is 27.2 Å². The Morgan fingerprint density at radius 2 is 1.93 bits per heavy atom. The molecule has 27 heavy (non-hydrogen) atoms. The fourth-order valence-electron chi connectivity index (χ4n) is 3.03. The second-order valence-corrected chi connectivity index (χ2v) is 7.26. The Bertz CT molecular complexity index is 862. The molecule has 0 fully saturated rings. The smallest absolute Gasteiger partial charge is 0.236 e. The van der Waals surface area contributed by atoms with Crippen LogP contribution in [0.25, 0.3) is 0 Å². The fraction of sp³-hybridized carbons (Fsp3) is 0.333. The summed E-state index contributed by atoms with van der Waals surface area (Å²) in [5.74, 6) is 0.0498. The minimum absolute atomic E-state index is 0.0152. The van der Waals surface area contributed by atoms with E-state index in [1.165, 1.54) is 12.1 Å². The van der Waals surface area contributed by atoms with Crippen LogP contribution in [0.4, 0.5) is 15.8 Å². The molecule has 0 saturated heterocycles. The standard InChI is InChI=1S/C21H23FN2O3/c1-4-24-17-12-16(9-10-18(17)27-13-21(2,3)20(24)26)23-19(25)11-14-5-7-15(22)8-6-14/h5-10,12H,4,11,13H2,1-3H3,(H,23,25). The van der Waals surface area contributed by atoms with E-state index in [4.69, 9.17) is 4.74 Å². The normalized spacial score (nSPS) is 15.6. The maximum Gasteiger partial charge on any atom is 0.236 e. The van der Waals surface area contributed by atoms with Crippen LogP contribution in [0.1, 0.15) is 26.3 Å². The molecule has 5 nitrogen and oxygen atoms in total. The van der Waals surface area contributed by atoms with Gasteiger partial charge in [0.2, 0.25) is 11.8 Å². The van der Waals surface area contributed by atoms with Gasteiger partial charge in [-0.2, -0.15) is 0 Å². The van der Waals surface area contributed by atoms with Crippen LogP contribution in [0, 0.1) is 11.2 Å². The number of ether oxygens (including phenoxy) is 1. The van der Waals surface area contributed by atoms with Gasteiger partial charge in [0.1, 0.15) is 18.2 Å².